The fourth-order valence-electron chi connectivity index (χ4n) is 1.46. The van der Waals surface area contributed by atoms with E-state index in [1.807, 2.05) is 0 Å². The van der Waals surface area contributed by atoms with Crippen LogP contribution >= 0.6 is 0 Å². The number of hydrogen-bond acceptors (Lipinski definition) is 2. The largest absolute Gasteiger partial charge is 0.465 e. The third kappa shape index (κ3) is 2.09. The molecular weight excluding hydrogens is 203 g/mol. The van der Waals surface area contributed by atoms with Crippen LogP contribution in [0, 0.1) is 5.92 Å². The van der Waals surface area contributed by atoms with Gasteiger partial charge in [-0.2, -0.15) is 13.2 Å². The first kappa shape index (κ1) is 11.1. The fourth-order valence-corrected chi connectivity index (χ4v) is 1.46. The van der Waals surface area contributed by atoms with Crippen LogP contribution < -0.4 is 0 Å². The van der Waals surface area contributed by atoms with Crippen LogP contribution in [0.2, 0.25) is 0 Å². The number of halogens is 3. The van der Waals surface area contributed by atoms with Gasteiger partial charge in [0.05, 0.1) is 5.92 Å². The highest BCUT2D eigenvalue weighted by atomic mass is 19.4. The molecule has 1 aliphatic rings. The molecule has 0 aromatic heterocycles. The minimum Gasteiger partial charge on any atom is -0.465 e. The van der Waals surface area contributed by atoms with Crippen molar-refractivity contribution in [1.29, 1.82) is 0 Å². The first-order valence-corrected chi connectivity index (χ1v) is 3.95. The monoisotopic (exact) mass is 213 g/mol. The molecule has 1 N–H and O–H groups in total. The van der Waals surface area contributed by atoms with E-state index < -0.39 is 31.0 Å². The Kier molecular flexibility index (Phi) is 2.89. The van der Waals surface area contributed by atoms with Crippen molar-refractivity contribution >= 4 is 6.09 Å². The molecular formula is C7H10F3NO3. The SMILES string of the molecule is COC1CC(C(F)(F)F)CN1C(=O)O. The van der Waals surface area contributed by atoms with Gasteiger partial charge in [0.1, 0.15) is 6.23 Å². The van der Waals surface area contributed by atoms with Crippen LogP contribution in [0.1, 0.15) is 6.42 Å². The van der Waals surface area contributed by atoms with Gasteiger partial charge in [0.15, 0.2) is 0 Å². The molecule has 0 aromatic rings. The maximum atomic E-state index is 12.2. The second-order valence-corrected chi connectivity index (χ2v) is 3.10. The number of amides is 1. The zero-order valence-corrected chi connectivity index (χ0v) is 7.41. The van der Waals surface area contributed by atoms with Crippen molar-refractivity contribution in [3.05, 3.63) is 0 Å². The molecule has 7 heteroatoms. The van der Waals surface area contributed by atoms with Crippen LogP contribution in [-0.2, 0) is 4.74 Å². The Morgan fingerprint density at radius 1 is 1.57 bits per heavy atom. The zero-order valence-electron chi connectivity index (χ0n) is 7.41. The molecule has 82 valence electrons. The summed E-state index contributed by atoms with van der Waals surface area (Å²) in [6.07, 6.45) is -7.06. The lowest BCUT2D eigenvalue weighted by atomic mass is 10.1. The van der Waals surface area contributed by atoms with Crippen molar-refractivity contribution in [2.24, 2.45) is 5.92 Å². The number of likely N-dealkylation sites (tertiary alicyclic amines) is 1. The second-order valence-electron chi connectivity index (χ2n) is 3.10. The van der Waals surface area contributed by atoms with E-state index >= 15 is 0 Å². The van der Waals surface area contributed by atoms with Gasteiger partial charge >= 0.3 is 12.3 Å². The minimum atomic E-state index is -4.36. The van der Waals surface area contributed by atoms with Crippen molar-refractivity contribution in [3.63, 3.8) is 0 Å². The topological polar surface area (TPSA) is 49.8 Å². The van der Waals surface area contributed by atoms with E-state index in [9.17, 15) is 18.0 Å². The Bertz CT molecular complexity index is 231. The van der Waals surface area contributed by atoms with Gasteiger partial charge < -0.3 is 9.84 Å². The van der Waals surface area contributed by atoms with E-state index in [1.54, 1.807) is 0 Å². The van der Waals surface area contributed by atoms with Crippen LogP contribution in [-0.4, -0.2) is 42.2 Å². The summed E-state index contributed by atoms with van der Waals surface area (Å²) >= 11 is 0. The molecule has 2 atom stereocenters. The molecule has 4 nitrogen and oxygen atoms in total. The van der Waals surface area contributed by atoms with E-state index in [0.717, 1.165) is 0 Å². The van der Waals surface area contributed by atoms with E-state index in [1.165, 1.54) is 7.11 Å². The van der Waals surface area contributed by atoms with Crippen molar-refractivity contribution in [1.82, 2.24) is 4.90 Å². The number of alkyl halides is 3. The smallest absolute Gasteiger partial charge is 0.409 e. The highest BCUT2D eigenvalue weighted by Crippen LogP contribution is 2.36. The van der Waals surface area contributed by atoms with Gasteiger partial charge in [0.25, 0.3) is 0 Å². The lowest BCUT2D eigenvalue weighted by molar-refractivity contribution is -0.171. The summed E-state index contributed by atoms with van der Waals surface area (Å²) in [5.41, 5.74) is 0. The third-order valence-electron chi connectivity index (χ3n) is 2.23. The minimum absolute atomic E-state index is 0.327. The summed E-state index contributed by atoms with van der Waals surface area (Å²) in [7, 11) is 1.19. The van der Waals surface area contributed by atoms with Gasteiger partial charge in [-0.25, -0.2) is 4.79 Å². The van der Waals surface area contributed by atoms with E-state index in [2.05, 4.69) is 4.74 Å². The number of carbonyl (C=O) groups is 1. The lowest BCUT2D eigenvalue weighted by Crippen LogP contribution is -2.36. The van der Waals surface area contributed by atoms with E-state index in [4.69, 9.17) is 5.11 Å². The number of rotatable bonds is 1. The van der Waals surface area contributed by atoms with E-state index in [0.29, 0.717) is 4.90 Å². The summed E-state index contributed by atoms with van der Waals surface area (Å²) in [6, 6.07) is 0. The first-order chi connectivity index (χ1) is 6.36. The Morgan fingerprint density at radius 3 is 2.43 bits per heavy atom. The predicted molar refractivity (Wildman–Crippen MR) is 39.7 cm³/mol. The average Bonchev–Trinajstić information content (AvgIpc) is 2.45. The molecule has 2 unspecified atom stereocenters. The third-order valence-corrected chi connectivity index (χ3v) is 2.23. The highest BCUT2D eigenvalue weighted by molar-refractivity contribution is 5.65. The predicted octanol–water partition coefficient (Wildman–Crippen LogP) is 1.52. The fraction of sp³-hybridized carbons (Fsp3) is 0.857. The standard InChI is InChI=1S/C7H10F3NO3/c1-14-5-2-4(7(8,9)10)3-11(5)6(12)13/h4-5H,2-3H2,1H3,(H,12,13). The molecule has 1 amide bonds. The number of nitrogens with zero attached hydrogens (tertiary/aromatic N) is 1. The molecule has 0 bridgehead atoms. The van der Waals surface area contributed by atoms with Gasteiger partial charge in [-0.05, 0) is 0 Å². The van der Waals surface area contributed by atoms with Gasteiger partial charge in [0.2, 0.25) is 0 Å². The first-order valence-electron chi connectivity index (χ1n) is 3.95. The summed E-state index contributed by atoms with van der Waals surface area (Å²) in [5.74, 6) is -1.62. The number of carboxylic acid groups (broad SMARTS) is 1. The molecule has 1 heterocycles. The molecule has 1 fully saturated rings. The molecule has 14 heavy (non-hydrogen) atoms. The van der Waals surface area contributed by atoms with Gasteiger partial charge in [-0.3, -0.25) is 4.90 Å². The Balaban J connectivity index is 2.70. The molecule has 1 saturated heterocycles. The van der Waals surface area contributed by atoms with Gasteiger partial charge in [0, 0.05) is 20.1 Å². The van der Waals surface area contributed by atoms with Crippen molar-refractivity contribution in [2.45, 2.75) is 18.8 Å². The highest BCUT2D eigenvalue weighted by Gasteiger charge is 2.49. The summed E-state index contributed by atoms with van der Waals surface area (Å²) < 4.78 is 41.4. The average molecular weight is 213 g/mol. The molecule has 0 radical (unpaired) electrons. The van der Waals surface area contributed by atoms with Crippen LogP contribution in [0.5, 0.6) is 0 Å². The number of hydrogen-bond donors (Lipinski definition) is 1. The molecule has 0 aliphatic carbocycles. The zero-order chi connectivity index (χ0) is 10.9. The second kappa shape index (κ2) is 3.64. The maximum absolute atomic E-state index is 12.2. The van der Waals surface area contributed by atoms with Crippen molar-refractivity contribution in [3.8, 4) is 0 Å². The summed E-state index contributed by atoms with van der Waals surface area (Å²) in [4.78, 5) is 11.2. The van der Waals surface area contributed by atoms with E-state index in [-0.39, 0.29) is 6.42 Å². The number of methoxy groups -OCH3 is 1. The molecule has 0 saturated carbocycles. The molecule has 1 aliphatic heterocycles. The van der Waals surface area contributed by atoms with Crippen LogP contribution in [0.15, 0.2) is 0 Å². The van der Waals surface area contributed by atoms with Crippen LogP contribution in [0.3, 0.4) is 0 Å². The lowest BCUT2D eigenvalue weighted by Gasteiger charge is -2.19. The van der Waals surface area contributed by atoms with Gasteiger partial charge in [-0.1, -0.05) is 0 Å². The van der Waals surface area contributed by atoms with Crippen LogP contribution in [0.4, 0.5) is 18.0 Å². The summed E-state index contributed by atoms with van der Waals surface area (Å²) in [6.45, 7) is -0.544. The van der Waals surface area contributed by atoms with Gasteiger partial charge in [-0.15, -0.1) is 0 Å². The normalized spacial score (nSPS) is 28.1. The Hall–Kier alpha value is -0.980. The Morgan fingerprint density at radius 2 is 2.14 bits per heavy atom. The summed E-state index contributed by atoms with van der Waals surface area (Å²) in [5, 5.41) is 8.58. The van der Waals surface area contributed by atoms with Crippen LogP contribution in [0.25, 0.3) is 0 Å². The maximum Gasteiger partial charge on any atom is 0.409 e. The molecule has 0 aromatic carbocycles. The molecule has 1 rings (SSSR count). The number of ether oxygens (including phenoxy) is 1. The Labute approximate surface area is 78.2 Å². The van der Waals surface area contributed by atoms with Crippen molar-refractivity contribution in [2.75, 3.05) is 13.7 Å². The van der Waals surface area contributed by atoms with Crippen molar-refractivity contribution < 1.29 is 27.8 Å². The quantitative estimate of drug-likeness (QED) is 0.718. The molecule has 0 spiro atoms.